The molecule has 0 fully saturated rings. The zero-order valence-electron chi connectivity index (χ0n) is 11.3. The maximum Gasteiger partial charge on any atom is 0.240 e. The summed E-state index contributed by atoms with van der Waals surface area (Å²) < 4.78 is 5.70. The third kappa shape index (κ3) is 2.86. The number of aromatic nitrogens is 2. The molecule has 1 aromatic carbocycles. The number of benzene rings is 1. The molecular weight excluding hydrogens is 224 g/mol. The van der Waals surface area contributed by atoms with E-state index in [1.54, 1.807) is 12.4 Å². The summed E-state index contributed by atoms with van der Waals surface area (Å²) in [6.07, 6.45) is 3.29. The van der Waals surface area contributed by atoms with E-state index in [4.69, 9.17) is 4.74 Å². The molecule has 0 amide bonds. The Balaban J connectivity index is 2.19. The smallest absolute Gasteiger partial charge is 0.240 e. The van der Waals surface area contributed by atoms with Gasteiger partial charge in [0, 0.05) is 12.4 Å². The minimum atomic E-state index is 0.154. The first-order valence-electron chi connectivity index (χ1n) is 6.03. The van der Waals surface area contributed by atoms with Crippen molar-refractivity contribution in [3.8, 4) is 11.6 Å². The molecular formula is C15H18N2O. The first-order chi connectivity index (χ1) is 8.47. The number of nitrogens with zero attached hydrogens (tertiary/aromatic N) is 2. The zero-order valence-corrected chi connectivity index (χ0v) is 11.3. The van der Waals surface area contributed by atoms with E-state index in [9.17, 15) is 0 Å². The van der Waals surface area contributed by atoms with Crippen molar-refractivity contribution in [2.24, 2.45) is 0 Å². The SMILES string of the molecule is Cc1nccnc1Oc1ccc(C(C)(C)C)cc1. The summed E-state index contributed by atoms with van der Waals surface area (Å²) >= 11 is 0. The van der Waals surface area contributed by atoms with Crippen LogP contribution in [0.3, 0.4) is 0 Å². The lowest BCUT2D eigenvalue weighted by atomic mass is 9.87. The largest absolute Gasteiger partial charge is 0.437 e. The van der Waals surface area contributed by atoms with Crippen LogP contribution < -0.4 is 4.74 Å². The number of hydrogen-bond donors (Lipinski definition) is 0. The Morgan fingerprint density at radius 2 is 1.56 bits per heavy atom. The minimum absolute atomic E-state index is 0.154. The molecule has 0 atom stereocenters. The van der Waals surface area contributed by atoms with Gasteiger partial charge < -0.3 is 4.74 Å². The third-order valence-electron chi connectivity index (χ3n) is 2.77. The van der Waals surface area contributed by atoms with E-state index >= 15 is 0 Å². The summed E-state index contributed by atoms with van der Waals surface area (Å²) in [6, 6.07) is 8.10. The molecule has 0 unspecified atom stereocenters. The van der Waals surface area contributed by atoms with Crippen LogP contribution in [0.2, 0.25) is 0 Å². The van der Waals surface area contributed by atoms with Gasteiger partial charge in [0.25, 0.3) is 0 Å². The van der Waals surface area contributed by atoms with Crippen molar-refractivity contribution in [2.45, 2.75) is 33.1 Å². The molecule has 0 aliphatic carbocycles. The molecule has 1 heterocycles. The van der Waals surface area contributed by atoms with Crippen LogP contribution in [0, 0.1) is 6.92 Å². The van der Waals surface area contributed by atoms with Crippen molar-refractivity contribution in [2.75, 3.05) is 0 Å². The highest BCUT2D eigenvalue weighted by atomic mass is 16.5. The van der Waals surface area contributed by atoms with Crippen molar-refractivity contribution in [3.05, 3.63) is 47.9 Å². The van der Waals surface area contributed by atoms with Gasteiger partial charge >= 0.3 is 0 Å². The molecule has 3 nitrogen and oxygen atoms in total. The van der Waals surface area contributed by atoms with E-state index in [1.165, 1.54) is 5.56 Å². The van der Waals surface area contributed by atoms with Gasteiger partial charge in [0.1, 0.15) is 5.75 Å². The maximum absolute atomic E-state index is 5.70. The van der Waals surface area contributed by atoms with Crippen LogP contribution in [0.15, 0.2) is 36.7 Å². The lowest BCUT2D eigenvalue weighted by Gasteiger charge is -2.19. The molecule has 0 saturated carbocycles. The van der Waals surface area contributed by atoms with E-state index in [2.05, 4.69) is 42.9 Å². The Labute approximate surface area is 108 Å². The Kier molecular flexibility index (Phi) is 3.32. The monoisotopic (exact) mass is 242 g/mol. The molecule has 0 N–H and O–H groups in total. The third-order valence-corrected chi connectivity index (χ3v) is 2.77. The lowest BCUT2D eigenvalue weighted by molar-refractivity contribution is 0.454. The van der Waals surface area contributed by atoms with Gasteiger partial charge in [0.15, 0.2) is 0 Å². The van der Waals surface area contributed by atoms with Crippen molar-refractivity contribution < 1.29 is 4.74 Å². The normalized spacial score (nSPS) is 11.3. The summed E-state index contributed by atoms with van der Waals surface area (Å²) in [5, 5.41) is 0. The second-order valence-corrected chi connectivity index (χ2v) is 5.32. The van der Waals surface area contributed by atoms with Crippen molar-refractivity contribution >= 4 is 0 Å². The van der Waals surface area contributed by atoms with E-state index in [0.717, 1.165) is 11.4 Å². The quantitative estimate of drug-likeness (QED) is 0.801. The minimum Gasteiger partial charge on any atom is -0.437 e. The Hall–Kier alpha value is -1.90. The van der Waals surface area contributed by atoms with Crippen LogP contribution in [-0.4, -0.2) is 9.97 Å². The predicted molar refractivity (Wildman–Crippen MR) is 72.0 cm³/mol. The summed E-state index contributed by atoms with van der Waals surface area (Å²) in [6.45, 7) is 8.45. The average Bonchev–Trinajstić information content (AvgIpc) is 2.32. The first kappa shape index (κ1) is 12.6. The fourth-order valence-electron chi connectivity index (χ4n) is 1.63. The zero-order chi connectivity index (χ0) is 13.2. The van der Waals surface area contributed by atoms with E-state index in [-0.39, 0.29) is 5.41 Å². The van der Waals surface area contributed by atoms with E-state index in [0.29, 0.717) is 5.88 Å². The molecule has 0 saturated heterocycles. The highest BCUT2D eigenvalue weighted by Gasteiger charge is 2.13. The van der Waals surface area contributed by atoms with Crippen molar-refractivity contribution in [1.29, 1.82) is 0 Å². The molecule has 0 bridgehead atoms. The summed E-state index contributed by atoms with van der Waals surface area (Å²) in [4.78, 5) is 8.30. The molecule has 0 radical (unpaired) electrons. The molecule has 94 valence electrons. The number of hydrogen-bond acceptors (Lipinski definition) is 3. The number of aryl methyl sites for hydroxylation is 1. The summed E-state index contributed by atoms with van der Waals surface area (Å²) in [7, 11) is 0. The summed E-state index contributed by atoms with van der Waals surface area (Å²) in [5.41, 5.74) is 2.23. The average molecular weight is 242 g/mol. The fourth-order valence-corrected chi connectivity index (χ4v) is 1.63. The number of ether oxygens (including phenoxy) is 1. The van der Waals surface area contributed by atoms with Crippen LogP contribution in [0.25, 0.3) is 0 Å². The van der Waals surface area contributed by atoms with Crippen molar-refractivity contribution in [3.63, 3.8) is 0 Å². The molecule has 0 aliphatic rings. The maximum atomic E-state index is 5.70. The molecule has 0 spiro atoms. The number of rotatable bonds is 2. The van der Waals surface area contributed by atoms with Crippen LogP contribution in [-0.2, 0) is 5.41 Å². The topological polar surface area (TPSA) is 35.0 Å². The predicted octanol–water partition coefficient (Wildman–Crippen LogP) is 3.87. The highest BCUT2D eigenvalue weighted by molar-refractivity contribution is 5.33. The first-order valence-corrected chi connectivity index (χ1v) is 6.03. The van der Waals surface area contributed by atoms with Crippen LogP contribution in [0.5, 0.6) is 11.6 Å². The van der Waals surface area contributed by atoms with Crippen LogP contribution in [0.4, 0.5) is 0 Å². The van der Waals surface area contributed by atoms with Gasteiger partial charge in [-0.05, 0) is 30.0 Å². The van der Waals surface area contributed by atoms with Crippen molar-refractivity contribution in [1.82, 2.24) is 9.97 Å². The Morgan fingerprint density at radius 3 is 2.11 bits per heavy atom. The van der Waals surface area contributed by atoms with Gasteiger partial charge in [-0.25, -0.2) is 4.98 Å². The molecule has 0 aliphatic heterocycles. The second kappa shape index (κ2) is 4.77. The highest BCUT2D eigenvalue weighted by Crippen LogP contribution is 2.26. The van der Waals surface area contributed by atoms with E-state index in [1.807, 2.05) is 19.1 Å². The second-order valence-electron chi connectivity index (χ2n) is 5.32. The lowest BCUT2D eigenvalue weighted by Crippen LogP contribution is -2.10. The molecule has 2 rings (SSSR count). The van der Waals surface area contributed by atoms with Gasteiger partial charge in [-0.15, -0.1) is 0 Å². The Morgan fingerprint density at radius 1 is 0.944 bits per heavy atom. The van der Waals surface area contributed by atoms with E-state index < -0.39 is 0 Å². The Bertz CT molecular complexity index is 527. The van der Waals surface area contributed by atoms with Crippen LogP contribution >= 0.6 is 0 Å². The van der Waals surface area contributed by atoms with Gasteiger partial charge in [0.2, 0.25) is 5.88 Å². The molecule has 2 aromatic rings. The molecule has 18 heavy (non-hydrogen) atoms. The van der Waals surface area contributed by atoms with Gasteiger partial charge in [-0.3, -0.25) is 4.98 Å². The summed E-state index contributed by atoms with van der Waals surface area (Å²) in [5.74, 6) is 1.34. The van der Waals surface area contributed by atoms with Gasteiger partial charge in [0.05, 0.1) is 5.69 Å². The van der Waals surface area contributed by atoms with Gasteiger partial charge in [-0.1, -0.05) is 32.9 Å². The standard InChI is InChI=1S/C15H18N2O/c1-11-14(17-10-9-16-11)18-13-7-5-12(6-8-13)15(2,3)4/h5-10H,1-4H3. The fraction of sp³-hybridized carbons (Fsp3) is 0.333. The van der Waals surface area contributed by atoms with Crippen LogP contribution in [0.1, 0.15) is 32.0 Å². The van der Waals surface area contributed by atoms with Gasteiger partial charge in [-0.2, -0.15) is 0 Å². The molecule has 1 aromatic heterocycles. The molecule has 3 heteroatoms.